The van der Waals surface area contributed by atoms with Crippen molar-refractivity contribution in [3.8, 4) is 0 Å². The highest BCUT2D eigenvalue weighted by Crippen LogP contribution is 1.90. The smallest absolute Gasteiger partial charge is 0.155 e. The van der Waals surface area contributed by atoms with Gasteiger partial charge in [-0.25, -0.2) is 0 Å². The van der Waals surface area contributed by atoms with Crippen molar-refractivity contribution in [1.29, 1.82) is 0 Å². The molecule has 0 atom stereocenters. The lowest BCUT2D eigenvalue weighted by Crippen LogP contribution is -1.97. The van der Waals surface area contributed by atoms with Crippen molar-refractivity contribution in [3.63, 3.8) is 0 Å². The molecule has 0 bridgehead atoms. The lowest BCUT2D eigenvalue weighted by molar-refractivity contribution is 0.597. The Labute approximate surface area is 38.9 Å². The van der Waals surface area contributed by atoms with E-state index in [0.29, 0.717) is 12.7 Å². The molecule has 0 aliphatic rings. The first-order valence-corrected chi connectivity index (χ1v) is 2.90. The molecule has 2 N–H and O–H groups in total. The fourth-order valence-corrected chi connectivity index (χ4v) is 0.468. The van der Waals surface area contributed by atoms with Crippen LogP contribution in [0.1, 0.15) is 6.42 Å². The fraction of sp³-hybridized carbons (Fsp3) is 1.00. The summed E-state index contributed by atoms with van der Waals surface area (Å²) >= 11 is 0. The maximum absolute atomic E-state index is 9.61. The SMILES string of the molecule is NCCCP=O. The van der Waals surface area contributed by atoms with Crippen LogP contribution in [0.15, 0.2) is 0 Å². The van der Waals surface area contributed by atoms with Gasteiger partial charge in [-0.05, 0) is 13.0 Å². The molecule has 36 valence electrons. The van der Waals surface area contributed by atoms with E-state index in [4.69, 9.17) is 5.73 Å². The maximum Gasteiger partial charge on any atom is 0.155 e. The summed E-state index contributed by atoms with van der Waals surface area (Å²) in [4.78, 5) is 0. The molecule has 0 aliphatic heterocycles. The van der Waals surface area contributed by atoms with E-state index in [1.54, 1.807) is 0 Å². The summed E-state index contributed by atoms with van der Waals surface area (Å²) < 4.78 is 9.61. The van der Waals surface area contributed by atoms with E-state index < -0.39 is 0 Å². The lowest BCUT2D eigenvalue weighted by Gasteiger charge is -1.78. The number of nitrogens with two attached hydrogens (primary N) is 1. The molecule has 3 heteroatoms. The van der Waals surface area contributed by atoms with Crippen LogP contribution >= 0.6 is 8.46 Å². The maximum atomic E-state index is 9.61. The van der Waals surface area contributed by atoms with Gasteiger partial charge in [-0.2, -0.15) is 0 Å². The summed E-state index contributed by atoms with van der Waals surface area (Å²) in [6.45, 7) is 0.648. The number of rotatable bonds is 3. The summed E-state index contributed by atoms with van der Waals surface area (Å²) in [5, 5.41) is 0. The quantitative estimate of drug-likeness (QED) is 0.422. The van der Waals surface area contributed by atoms with Crippen LogP contribution < -0.4 is 5.73 Å². The van der Waals surface area contributed by atoms with Gasteiger partial charge in [0.2, 0.25) is 0 Å². The van der Waals surface area contributed by atoms with Crippen molar-refractivity contribution in [1.82, 2.24) is 0 Å². The zero-order valence-electron chi connectivity index (χ0n) is 3.55. The Hall–Kier alpha value is 0.0600. The van der Waals surface area contributed by atoms with E-state index in [1.807, 2.05) is 0 Å². The first kappa shape index (κ1) is 6.06. The second-order valence-electron chi connectivity index (χ2n) is 0.995. The minimum Gasteiger partial charge on any atom is -0.330 e. The molecule has 0 heterocycles. The largest absolute Gasteiger partial charge is 0.330 e. The van der Waals surface area contributed by atoms with E-state index in [9.17, 15) is 4.57 Å². The summed E-state index contributed by atoms with van der Waals surface area (Å²) in [5.74, 6) is 0. The van der Waals surface area contributed by atoms with Crippen LogP contribution in [-0.2, 0) is 4.57 Å². The summed E-state index contributed by atoms with van der Waals surface area (Å²) in [6.07, 6.45) is 1.57. The highest BCUT2D eigenvalue weighted by molar-refractivity contribution is 7.23. The first-order chi connectivity index (χ1) is 2.91. The predicted octanol–water partition coefficient (Wildman–Crippen LogP) is 0.627. The monoisotopic (exact) mass is 105 g/mol. The van der Waals surface area contributed by atoms with Crippen LogP contribution in [0.2, 0.25) is 0 Å². The molecule has 0 saturated heterocycles. The second kappa shape index (κ2) is 5.06. The summed E-state index contributed by atoms with van der Waals surface area (Å²) in [6, 6.07) is 0. The molecular formula is C3H8NOP. The molecule has 2 nitrogen and oxygen atoms in total. The molecule has 6 heavy (non-hydrogen) atoms. The number of hydrogen-bond acceptors (Lipinski definition) is 2. The van der Waals surface area contributed by atoms with Crippen LogP contribution in [0.25, 0.3) is 0 Å². The molecule has 0 fully saturated rings. The van der Waals surface area contributed by atoms with Crippen molar-refractivity contribution in [2.45, 2.75) is 6.42 Å². The van der Waals surface area contributed by atoms with Crippen molar-refractivity contribution < 1.29 is 4.57 Å². The van der Waals surface area contributed by atoms with Crippen molar-refractivity contribution in [3.05, 3.63) is 0 Å². The third kappa shape index (κ3) is 4.06. The minimum absolute atomic E-state index is 0.215. The van der Waals surface area contributed by atoms with E-state index in [0.717, 1.165) is 6.42 Å². The summed E-state index contributed by atoms with van der Waals surface area (Å²) in [5.41, 5.74) is 5.07. The Kier molecular flexibility index (Phi) is 5.11. The molecule has 0 aromatic rings. The highest BCUT2D eigenvalue weighted by atomic mass is 31.1. The van der Waals surface area contributed by atoms with E-state index in [1.165, 1.54) is 0 Å². The van der Waals surface area contributed by atoms with E-state index in [2.05, 4.69) is 0 Å². The normalized spacial score (nSPS) is 9.50. The predicted molar refractivity (Wildman–Crippen MR) is 26.1 cm³/mol. The second-order valence-corrected chi connectivity index (χ2v) is 1.70. The molecule has 0 radical (unpaired) electrons. The number of hydrogen-bond donors (Lipinski definition) is 1. The molecular weight excluding hydrogens is 97.0 g/mol. The molecule has 0 amide bonds. The molecule has 0 rings (SSSR count). The van der Waals surface area contributed by atoms with Crippen LogP contribution in [-0.4, -0.2) is 12.7 Å². The zero-order valence-corrected chi connectivity index (χ0v) is 4.45. The fourth-order valence-electron chi connectivity index (χ4n) is 0.156. The van der Waals surface area contributed by atoms with Gasteiger partial charge >= 0.3 is 0 Å². The third-order valence-corrected chi connectivity index (χ3v) is 0.952. The minimum atomic E-state index is 0.215. The molecule has 0 saturated carbocycles. The molecule has 0 aromatic carbocycles. The van der Waals surface area contributed by atoms with Crippen molar-refractivity contribution >= 4 is 8.46 Å². The average molecular weight is 105 g/mol. The van der Waals surface area contributed by atoms with Gasteiger partial charge in [0.15, 0.2) is 8.46 Å². The van der Waals surface area contributed by atoms with Gasteiger partial charge < -0.3 is 5.73 Å². The zero-order chi connectivity index (χ0) is 4.83. The van der Waals surface area contributed by atoms with Gasteiger partial charge in [0.1, 0.15) is 0 Å². The molecule has 0 spiro atoms. The van der Waals surface area contributed by atoms with Crippen LogP contribution in [0.5, 0.6) is 0 Å². The van der Waals surface area contributed by atoms with Gasteiger partial charge in [-0.15, -0.1) is 0 Å². The summed E-state index contributed by atoms with van der Waals surface area (Å²) in [7, 11) is 0.215. The van der Waals surface area contributed by atoms with Gasteiger partial charge in [-0.1, -0.05) is 0 Å². The van der Waals surface area contributed by atoms with Crippen LogP contribution in [0.3, 0.4) is 0 Å². The lowest BCUT2D eigenvalue weighted by atomic mass is 10.5. The Balaban J connectivity index is 2.49. The van der Waals surface area contributed by atoms with Gasteiger partial charge in [-0.3, -0.25) is 4.57 Å². The van der Waals surface area contributed by atoms with Crippen molar-refractivity contribution in [2.75, 3.05) is 12.7 Å². The van der Waals surface area contributed by atoms with Gasteiger partial charge in [0.25, 0.3) is 0 Å². The van der Waals surface area contributed by atoms with Crippen LogP contribution in [0.4, 0.5) is 0 Å². The van der Waals surface area contributed by atoms with Gasteiger partial charge in [0.05, 0.1) is 0 Å². The standard InChI is InChI=1S/C3H8NOP/c4-2-1-3-6-5/h1-4H2. The van der Waals surface area contributed by atoms with Crippen molar-refractivity contribution in [2.24, 2.45) is 5.73 Å². The average Bonchev–Trinajstić information content (AvgIpc) is 1.61. The third-order valence-electron chi connectivity index (χ3n) is 0.454. The van der Waals surface area contributed by atoms with E-state index in [-0.39, 0.29) is 8.46 Å². The molecule has 0 aromatic heterocycles. The Morgan fingerprint density at radius 1 is 1.67 bits per heavy atom. The van der Waals surface area contributed by atoms with E-state index >= 15 is 0 Å². The molecule has 0 aliphatic carbocycles. The molecule has 0 unspecified atom stereocenters. The van der Waals surface area contributed by atoms with Crippen LogP contribution in [0, 0.1) is 0 Å². The Morgan fingerprint density at radius 3 is 2.50 bits per heavy atom. The Morgan fingerprint density at radius 2 is 2.33 bits per heavy atom. The van der Waals surface area contributed by atoms with Gasteiger partial charge in [0, 0.05) is 6.16 Å². The Bertz CT molecular complexity index is 39.8. The highest BCUT2D eigenvalue weighted by Gasteiger charge is 1.76. The first-order valence-electron chi connectivity index (χ1n) is 1.91. The topological polar surface area (TPSA) is 43.1 Å².